The number of ether oxygens (including phenoxy) is 2. The van der Waals surface area contributed by atoms with Gasteiger partial charge in [-0.15, -0.1) is 0 Å². The summed E-state index contributed by atoms with van der Waals surface area (Å²) in [5.41, 5.74) is 6.26. The molecule has 17 heavy (non-hydrogen) atoms. The van der Waals surface area contributed by atoms with Crippen molar-refractivity contribution in [2.45, 2.75) is 13.3 Å². The van der Waals surface area contributed by atoms with E-state index in [9.17, 15) is 4.79 Å². The minimum absolute atomic E-state index is 0.238. The van der Waals surface area contributed by atoms with E-state index < -0.39 is 5.97 Å². The summed E-state index contributed by atoms with van der Waals surface area (Å²) in [4.78, 5) is 11.6. The third kappa shape index (κ3) is 4.24. The van der Waals surface area contributed by atoms with Crippen LogP contribution in [0.4, 0.5) is 5.69 Å². The third-order valence-corrected chi connectivity index (χ3v) is 2.54. The van der Waals surface area contributed by atoms with Gasteiger partial charge in [-0.05, 0) is 19.1 Å². The second-order valence-corrected chi connectivity index (χ2v) is 3.77. The van der Waals surface area contributed by atoms with Crippen molar-refractivity contribution in [1.29, 1.82) is 0 Å². The minimum atomic E-state index is -0.459. The minimum Gasteiger partial charge on any atom is -0.462 e. The Bertz CT molecular complexity index is 382. The van der Waals surface area contributed by atoms with Gasteiger partial charge < -0.3 is 15.2 Å². The average molecular weight is 258 g/mol. The van der Waals surface area contributed by atoms with Crippen LogP contribution in [-0.4, -0.2) is 25.8 Å². The quantitative estimate of drug-likeness (QED) is 0.483. The molecule has 0 aliphatic rings. The van der Waals surface area contributed by atoms with E-state index in [-0.39, 0.29) is 5.02 Å². The van der Waals surface area contributed by atoms with Crippen LogP contribution < -0.4 is 5.73 Å². The van der Waals surface area contributed by atoms with Crippen molar-refractivity contribution in [3.05, 3.63) is 28.8 Å². The zero-order valence-corrected chi connectivity index (χ0v) is 10.5. The molecule has 0 amide bonds. The number of carbonyl (C=O) groups excluding carboxylic acids is 1. The van der Waals surface area contributed by atoms with Crippen LogP contribution in [0, 0.1) is 0 Å². The van der Waals surface area contributed by atoms with Crippen LogP contribution in [0.15, 0.2) is 18.2 Å². The first-order valence-corrected chi connectivity index (χ1v) is 5.83. The summed E-state index contributed by atoms with van der Waals surface area (Å²) < 4.78 is 10.2. The zero-order valence-electron chi connectivity index (χ0n) is 9.74. The lowest BCUT2D eigenvalue weighted by Crippen LogP contribution is -2.09. The number of hydrogen-bond donors (Lipinski definition) is 1. The van der Waals surface area contributed by atoms with Crippen molar-refractivity contribution in [2.24, 2.45) is 0 Å². The fourth-order valence-electron chi connectivity index (χ4n) is 1.26. The Hall–Kier alpha value is -1.26. The van der Waals surface area contributed by atoms with Gasteiger partial charge in [0.1, 0.15) is 0 Å². The van der Waals surface area contributed by atoms with E-state index in [0.29, 0.717) is 37.5 Å². The molecule has 0 spiro atoms. The van der Waals surface area contributed by atoms with Crippen molar-refractivity contribution in [3.63, 3.8) is 0 Å². The maximum atomic E-state index is 11.6. The lowest BCUT2D eigenvalue weighted by molar-refractivity contribution is 0.0452. The Morgan fingerprint density at radius 2 is 2.18 bits per heavy atom. The highest BCUT2D eigenvalue weighted by molar-refractivity contribution is 6.36. The van der Waals surface area contributed by atoms with E-state index in [1.54, 1.807) is 18.2 Å². The monoisotopic (exact) mass is 257 g/mol. The van der Waals surface area contributed by atoms with Crippen molar-refractivity contribution in [2.75, 3.05) is 25.6 Å². The fourth-order valence-corrected chi connectivity index (χ4v) is 1.46. The number of rotatable bonds is 6. The molecule has 0 heterocycles. The summed E-state index contributed by atoms with van der Waals surface area (Å²) in [6, 6.07) is 4.88. The van der Waals surface area contributed by atoms with Gasteiger partial charge in [-0.2, -0.15) is 0 Å². The van der Waals surface area contributed by atoms with Crippen molar-refractivity contribution < 1.29 is 14.3 Å². The highest BCUT2D eigenvalue weighted by Crippen LogP contribution is 2.23. The van der Waals surface area contributed by atoms with Crippen molar-refractivity contribution in [3.8, 4) is 0 Å². The standard InChI is InChI=1S/C12H16ClNO3/c1-2-16-7-4-8-17-12(15)9-5-3-6-10(14)11(9)13/h3,5-6H,2,4,7-8,14H2,1H3. The molecule has 0 fully saturated rings. The Labute approximate surface area is 106 Å². The molecule has 5 heteroatoms. The van der Waals surface area contributed by atoms with E-state index in [1.807, 2.05) is 6.92 Å². The summed E-state index contributed by atoms with van der Waals surface area (Å²) in [6.45, 7) is 3.46. The molecule has 0 aromatic heterocycles. The maximum absolute atomic E-state index is 11.6. The first-order chi connectivity index (χ1) is 8.16. The Balaban J connectivity index is 2.44. The molecule has 4 nitrogen and oxygen atoms in total. The van der Waals surface area contributed by atoms with E-state index in [2.05, 4.69) is 0 Å². The van der Waals surface area contributed by atoms with E-state index in [1.165, 1.54) is 0 Å². The Kier molecular flexibility index (Phi) is 5.80. The molecule has 2 N–H and O–H groups in total. The van der Waals surface area contributed by atoms with Gasteiger partial charge in [0.25, 0.3) is 0 Å². The summed E-state index contributed by atoms with van der Waals surface area (Å²) in [5.74, 6) is -0.459. The van der Waals surface area contributed by atoms with E-state index in [4.69, 9.17) is 26.8 Å². The lowest BCUT2D eigenvalue weighted by Gasteiger charge is -2.07. The van der Waals surface area contributed by atoms with Gasteiger partial charge in [0.15, 0.2) is 0 Å². The van der Waals surface area contributed by atoms with Gasteiger partial charge >= 0.3 is 5.97 Å². The predicted octanol–water partition coefficient (Wildman–Crippen LogP) is 2.51. The molecule has 1 aromatic rings. The van der Waals surface area contributed by atoms with Gasteiger partial charge in [0.2, 0.25) is 0 Å². The van der Waals surface area contributed by atoms with Crippen LogP contribution in [-0.2, 0) is 9.47 Å². The van der Waals surface area contributed by atoms with Gasteiger partial charge in [-0.25, -0.2) is 4.79 Å². The second-order valence-electron chi connectivity index (χ2n) is 3.40. The van der Waals surface area contributed by atoms with Gasteiger partial charge in [0.05, 0.1) is 22.9 Å². The molecular formula is C12H16ClNO3. The number of anilines is 1. The maximum Gasteiger partial charge on any atom is 0.339 e. The van der Waals surface area contributed by atoms with Crippen LogP contribution in [0.1, 0.15) is 23.7 Å². The molecule has 94 valence electrons. The molecule has 1 rings (SSSR count). The molecule has 0 saturated heterocycles. The fraction of sp³-hybridized carbons (Fsp3) is 0.417. The number of carbonyl (C=O) groups is 1. The molecule has 0 bridgehead atoms. The summed E-state index contributed by atoms with van der Waals surface area (Å²) in [7, 11) is 0. The molecule has 0 aliphatic carbocycles. The SMILES string of the molecule is CCOCCCOC(=O)c1cccc(N)c1Cl. The topological polar surface area (TPSA) is 61.5 Å². The van der Waals surface area contributed by atoms with Crippen LogP contribution in [0.25, 0.3) is 0 Å². The molecule has 0 atom stereocenters. The first kappa shape index (κ1) is 13.8. The average Bonchev–Trinajstić information content (AvgIpc) is 2.32. The lowest BCUT2D eigenvalue weighted by atomic mass is 10.2. The van der Waals surface area contributed by atoms with Crippen LogP contribution in [0.2, 0.25) is 5.02 Å². The second kappa shape index (κ2) is 7.14. The largest absolute Gasteiger partial charge is 0.462 e. The number of nitrogen functional groups attached to an aromatic ring is 1. The number of nitrogens with two attached hydrogens (primary N) is 1. The van der Waals surface area contributed by atoms with Crippen LogP contribution >= 0.6 is 11.6 Å². The number of hydrogen-bond acceptors (Lipinski definition) is 4. The molecule has 0 unspecified atom stereocenters. The smallest absolute Gasteiger partial charge is 0.339 e. The Morgan fingerprint density at radius 3 is 2.88 bits per heavy atom. The summed E-state index contributed by atoms with van der Waals surface area (Å²) >= 11 is 5.90. The molecule has 0 aliphatic heterocycles. The molecule has 1 aromatic carbocycles. The van der Waals surface area contributed by atoms with Crippen molar-refractivity contribution in [1.82, 2.24) is 0 Å². The molecule has 0 saturated carbocycles. The summed E-state index contributed by atoms with van der Waals surface area (Å²) in [6.07, 6.45) is 0.666. The number of esters is 1. The normalized spacial score (nSPS) is 10.2. The van der Waals surface area contributed by atoms with E-state index in [0.717, 1.165) is 0 Å². The van der Waals surface area contributed by atoms with E-state index >= 15 is 0 Å². The predicted molar refractivity (Wildman–Crippen MR) is 67.3 cm³/mol. The highest BCUT2D eigenvalue weighted by atomic mass is 35.5. The molecule has 0 radical (unpaired) electrons. The third-order valence-electron chi connectivity index (χ3n) is 2.12. The van der Waals surface area contributed by atoms with Gasteiger partial charge in [-0.1, -0.05) is 17.7 Å². The molecular weight excluding hydrogens is 242 g/mol. The van der Waals surface area contributed by atoms with Crippen LogP contribution in [0.5, 0.6) is 0 Å². The van der Waals surface area contributed by atoms with Crippen molar-refractivity contribution >= 4 is 23.3 Å². The van der Waals surface area contributed by atoms with Gasteiger partial charge in [0, 0.05) is 19.6 Å². The Morgan fingerprint density at radius 1 is 1.41 bits per heavy atom. The van der Waals surface area contributed by atoms with Gasteiger partial charge in [-0.3, -0.25) is 0 Å². The van der Waals surface area contributed by atoms with Crippen LogP contribution in [0.3, 0.4) is 0 Å². The number of halogens is 1. The summed E-state index contributed by atoms with van der Waals surface area (Å²) in [5, 5.41) is 0.238. The number of benzene rings is 1. The highest BCUT2D eigenvalue weighted by Gasteiger charge is 2.12. The zero-order chi connectivity index (χ0) is 12.7. The first-order valence-electron chi connectivity index (χ1n) is 5.45.